The Kier molecular flexibility index (Phi) is 10.7. The second-order valence-electron chi connectivity index (χ2n) is 6.94. The number of carbonyl (C=O) groups is 3. The standard InChI is InChI=1S/C17H28N2O11S/c1-2-5-31(29)7-10(16(26)27)19-12(21)4-3-9(15(24)25)18-8-17(28)14(23)13(22)11(20)6-30-17/h2,5,9-11,13-14,18,20,22-23,28H,3-4,6-8H2,1H3,(H,19,21)(H,24,25)(H,26,27)/b5-2+. The fraction of sp³-hybridized carbons (Fsp3) is 0.706. The molecule has 14 heteroatoms. The summed E-state index contributed by atoms with van der Waals surface area (Å²) in [6.07, 6.45) is -4.32. The van der Waals surface area contributed by atoms with Crippen molar-refractivity contribution in [1.29, 1.82) is 0 Å². The molecule has 1 fully saturated rings. The first-order chi connectivity index (χ1) is 14.4. The van der Waals surface area contributed by atoms with E-state index in [9.17, 15) is 44.1 Å². The maximum absolute atomic E-state index is 12.0. The Hall–Kier alpha value is -1.94. The quantitative estimate of drug-likeness (QED) is 0.139. The van der Waals surface area contributed by atoms with Gasteiger partial charge in [0.05, 0.1) is 18.9 Å². The molecular weight excluding hydrogens is 440 g/mol. The molecule has 0 aliphatic carbocycles. The molecule has 8 N–H and O–H groups in total. The zero-order valence-corrected chi connectivity index (χ0v) is 17.5. The summed E-state index contributed by atoms with van der Waals surface area (Å²) in [6.45, 7) is 0.459. The lowest BCUT2D eigenvalue weighted by Gasteiger charge is -2.42. The van der Waals surface area contributed by atoms with Crippen LogP contribution in [0, 0.1) is 0 Å². The molecule has 13 nitrogen and oxygen atoms in total. The largest absolute Gasteiger partial charge is 0.480 e. The molecule has 0 aromatic heterocycles. The molecule has 7 unspecified atom stereocenters. The van der Waals surface area contributed by atoms with E-state index in [4.69, 9.17) is 9.84 Å². The molecule has 0 bridgehead atoms. The Morgan fingerprint density at radius 1 is 1.19 bits per heavy atom. The van der Waals surface area contributed by atoms with Crippen LogP contribution in [0.15, 0.2) is 11.5 Å². The number of aliphatic carboxylic acids is 2. The summed E-state index contributed by atoms with van der Waals surface area (Å²) in [6, 6.07) is -2.82. The lowest BCUT2D eigenvalue weighted by atomic mass is 9.96. The average Bonchev–Trinajstić information content (AvgIpc) is 2.69. The first-order valence-corrected chi connectivity index (χ1v) is 10.7. The third kappa shape index (κ3) is 8.25. The van der Waals surface area contributed by atoms with Crippen LogP contribution in [0.5, 0.6) is 0 Å². The maximum atomic E-state index is 12.0. The van der Waals surface area contributed by atoms with Gasteiger partial charge in [0.2, 0.25) is 11.7 Å². The van der Waals surface area contributed by atoms with Crippen molar-refractivity contribution in [1.82, 2.24) is 10.6 Å². The number of carbonyl (C=O) groups excluding carboxylic acids is 1. The topological polar surface area (TPSA) is 223 Å². The van der Waals surface area contributed by atoms with E-state index in [0.717, 1.165) is 0 Å². The molecular formula is C17H28N2O11S. The highest BCUT2D eigenvalue weighted by Gasteiger charge is 2.48. The fourth-order valence-electron chi connectivity index (χ4n) is 2.72. The summed E-state index contributed by atoms with van der Waals surface area (Å²) in [5.41, 5.74) is 0. The van der Waals surface area contributed by atoms with Crippen LogP contribution in [0.3, 0.4) is 0 Å². The minimum absolute atomic E-state index is 0.317. The van der Waals surface area contributed by atoms with Crippen LogP contribution in [0.25, 0.3) is 0 Å². The van der Waals surface area contributed by atoms with Gasteiger partial charge in [0.15, 0.2) is 0 Å². The van der Waals surface area contributed by atoms with Crippen molar-refractivity contribution >= 4 is 28.6 Å². The monoisotopic (exact) mass is 468 g/mol. The van der Waals surface area contributed by atoms with Crippen LogP contribution in [0.1, 0.15) is 19.8 Å². The van der Waals surface area contributed by atoms with Gasteiger partial charge >= 0.3 is 11.9 Å². The van der Waals surface area contributed by atoms with E-state index in [1.165, 1.54) is 11.5 Å². The number of allylic oxidation sites excluding steroid dienone is 1. The van der Waals surface area contributed by atoms with Crippen molar-refractivity contribution in [3.63, 3.8) is 0 Å². The van der Waals surface area contributed by atoms with Crippen molar-refractivity contribution in [2.45, 2.75) is 55.9 Å². The molecule has 1 aliphatic heterocycles. The Morgan fingerprint density at radius 2 is 1.81 bits per heavy atom. The highest BCUT2D eigenvalue weighted by molar-refractivity contribution is 7.88. The van der Waals surface area contributed by atoms with Gasteiger partial charge in [-0.1, -0.05) is 6.08 Å². The summed E-state index contributed by atoms with van der Waals surface area (Å²) in [5, 5.41) is 63.5. The first kappa shape index (κ1) is 27.1. The van der Waals surface area contributed by atoms with Crippen LogP contribution in [0.2, 0.25) is 0 Å². The molecule has 31 heavy (non-hydrogen) atoms. The van der Waals surface area contributed by atoms with E-state index in [-0.39, 0.29) is 12.2 Å². The number of hydrogen-bond acceptors (Lipinski definition) is 10. The SMILES string of the molecule is C/C=C/S(=O)CC(NC(=O)CCC(NCC1(O)OCC(O)C(O)C1O)C(=O)O)C(=O)O. The second kappa shape index (κ2) is 12.2. The summed E-state index contributed by atoms with van der Waals surface area (Å²) in [7, 11) is -1.61. The molecule has 7 atom stereocenters. The number of ether oxygens (including phenoxy) is 1. The predicted octanol–water partition coefficient (Wildman–Crippen LogP) is -3.54. The molecule has 1 amide bonds. The van der Waals surface area contributed by atoms with Gasteiger partial charge in [-0.3, -0.25) is 19.1 Å². The smallest absolute Gasteiger partial charge is 0.327 e. The van der Waals surface area contributed by atoms with Crippen molar-refractivity contribution in [3.8, 4) is 0 Å². The van der Waals surface area contributed by atoms with Gasteiger partial charge in [-0.25, -0.2) is 4.79 Å². The normalized spacial score (nSPS) is 29.3. The van der Waals surface area contributed by atoms with Gasteiger partial charge in [-0.2, -0.15) is 0 Å². The zero-order valence-electron chi connectivity index (χ0n) is 16.7. The molecule has 1 heterocycles. The van der Waals surface area contributed by atoms with Crippen molar-refractivity contribution < 1.29 is 54.0 Å². The molecule has 0 aromatic rings. The minimum atomic E-state index is -2.38. The first-order valence-electron chi connectivity index (χ1n) is 9.30. The number of carboxylic acid groups (broad SMARTS) is 2. The highest BCUT2D eigenvalue weighted by Crippen LogP contribution is 2.23. The van der Waals surface area contributed by atoms with E-state index in [1.54, 1.807) is 6.92 Å². The van der Waals surface area contributed by atoms with Gasteiger partial charge in [-0.15, -0.1) is 0 Å². The van der Waals surface area contributed by atoms with E-state index in [0.29, 0.717) is 0 Å². The number of aliphatic hydroxyl groups is 4. The third-order valence-electron chi connectivity index (χ3n) is 4.50. The van der Waals surface area contributed by atoms with Gasteiger partial charge in [0.25, 0.3) is 0 Å². The number of carboxylic acids is 2. The van der Waals surface area contributed by atoms with Gasteiger partial charge in [0, 0.05) is 17.2 Å². The van der Waals surface area contributed by atoms with Crippen LogP contribution >= 0.6 is 0 Å². The molecule has 0 radical (unpaired) electrons. The Balaban J connectivity index is 2.63. The van der Waals surface area contributed by atoms with Gasteiger partial charge < -0.3 is 40.7 Å². The summed E-state index contributed by atoms with van der Waals surface area (Å²) in [4.78, 5) is 34.7. The highest BCUT2D eigenvalue weighted by atomic mass is 32.2. The van der Waals surface area contributed by atoms with E-state index in [1.807, 2.05) is 0 Å². The molecule has 1 aliphatic rings. The number of nitrogens with one attached hydrogen (secondary N) is 2. The van der Waals surface area contributed by atoms with E-state index >= 15 is 0 Å². The molecule has 0 aromatic carbocycles. The summed E-state index contributed by atoms with van der Waals surface area (Å²) < 4.78 is 16.6. The lowest BCUT2D eigenvalue weighted by molar-refractivity contribution is -0.318. The van der Waals surface area contributed by atoms with Crippen LogP contribution < -0.4 is 10.6 Å². The minimum Gasteiger partial charge on any atom is -0.480 e. The molecule has 0 spiro atoms. The Bertz CT molecular complexity index is 704. The lowest BCUT2D eigenvalue weighted by Crippen LogP contribution is -2.65. The number of aliphatic hydroxyl groups excluding tert-OH is 3. The van der Waals surface area contributed by atoms with Crippen molar-refractivity contribution in [3.05, 3.63) is 11.5 Å². The number of amides is 1. The Morgan fingerprint density at radius 3 is 2.35 bits per heavy atom. The maximum Gasteiger partial charge on any atom is 0.327 e. The molecule has 1 saturated heterocycles. The van der Waals surface area contributed by atoms with Gasteiger partial charge in [0.1, 0.15) is 30.4 Å². The van der Waals surface area contributed by atoms with Gasteiger partial charge in [-0.05, 0) is 18.8 Å². The van der Waals surface area contributed by atoms with Crippen LogP contribution in [-0.2, 0) is 29.9 Å². The van der Waals surface area contributed by atoms with E-state index in [2.05, 4.69) is 10.6 Å². The molecule has 1 rings (SSSR count). The summed E-state index contributed by atoms with van der Waals surface area (Å²) in [5.74, 6) is -6.32. The molecule has 178 valence electrons. The van der Waals surface area contributed by atoms with Crippen molar-refractivity contribution in [2.24, 2.45) is 0 Å². The second-order valence-corrected chi connectivity index (χ2v) is 8.31. The van der Waals surface area contributed by atoms with Crippen LogP contribution in [-0.4, -0.2) is 108 Å². The summed E-state index contributed by atoms with van der Waals surface area (Å²) >= 11 is 0. The predicted molar refractivity (Wildman–Crippen MR) is 105 cm³/mol. The van der Waals surface area contributed by atoms with E-state index < -0.39 is 84.4 Å². The Labute approximate surface area is 180 Å². The molecule has 0 saturated carbocycles. The third-order valence-corrected chi connectivity index (χ3v) is 5.73. The zero-order chi connectivity index (χ0) is 23.8. The number of rotatable bonds is 12. The van der Waals surface area contributed by atoms with Crippen LogP contribution in [0.4, 0.5) is 0 Å². The number of hydrogen-bond donors (Lipinski definition) is 8. The average molecular weight is 468 g/mol. The fourth-order valence-corrected chi connectivity index (χ4v) is 3.69. The van der Waals surface area contributed by atoms with Crippen molar-refractivity contribution in [2.75, 3.05) is 18.9 Å².